The Labute approximate surface area is 101 Å². The molecule has 86 valence electrons. The quantitative estimate of drug-likeness (QED) is 0.482. The number of rotatable bonds is 2. The van der Waals surface area contributed by atoms with E-state index < -0.39 is 0 Å². The van der Waals surface area contributed by atoms with Crippen molar-refractivity contribution in [2.75, 3.05) is 5.73 Å². The standard InChI is InChI=1S/C15H15NO/c1-10(2)7-15(17)13-8-11-5-3-4-6-12(11)9-14(13)16/h3-9H,16H2,1-2H3. The topological polar surface area (TPSA) is 43.1 Å². The fraction of sp³-hybridized carbons (Fsp3) is 0.133. The zero-order chi connectivity index (χ0) is 12.4. The summed E-state index contributed by atoms with van der Waals surface area (Å²) in [4.78, 5) is 12.0. The lowest BCUT2D eigenvalue weighted by molar-refractivity contribution is 0.104. The first kappa shape index (κ1) is 11.4. The van der Waals surface area contributed by atoms with E-state index in [4.69, 9.17) is 5.73 Å². The molecule has 0 aliphatic rings. The Morgan fingerprint density at radius 3 is 2.29 bits per heavy atom. The molecule has 0 radical (unpaired) electrons. The van der Waals surface area contributed by atoms with Gasteiger partial charge in [0.15, 0.2) is 5.78 Å². The molecule has 0 aromatic heterocycles. The molecule has 2 N–H and O–H groups in total. The number of fused-ring (bicyclic) bond motifs is 1. The Kier molecular flexibility index (Phi) is 2.96. The van der Waals surface area contributed by atoms with Gasteiger partial charge in [0.1, 0.15) is 0 Å². The molecule has 0 amide bonds. The van der Waals surface area contributed by atoms with E-state index in [1.165, 1.54) is 0 Å². The number of nitrogens with two attached hydrogens (primary N) is 1. The Hall–Kier alpha value is -2.09. The summed E-state index contributed by atoms with van der Waals surface area (Å²) in [7, 11) is 0. The Morgan fingerprint density at radius 1 is 1.12 bits per heavy atom. The first-order valence-corrected chi connectivity index (χ1v) is 5.55. The molecule has 17 heavy (non-hydrogen) atoms. The third-order valence-corrected chi connectivity index (χ3v) is 2.60. The van der Waals surface area contributed by atoms with Crippen molar-refractivity contribution in [3.8, 4) is 0 Å². The van der Waals surface area contributed by atoms with Gasteiger partial charge in [-0.25, -0.2) is 0 Å². The van der Waals surface area contributed by atoms with Crippen LogP contribution in [-0.2, 0) is 0 Å². The second-order valence-corrected chi connectivity index (χ2v) is 4.37. The van der Waals surface area contributed by atoms with Crippen molar-refractivity contribution in [1.29, 1.82) is 0 Å². The third kappa shape index (κ3) is 2.36. The molecule has 2 nitrogen and oxygen atoms in total. The smallest absolute Gasteiger partial charge is 0.187 e. The number of allylic oxidation sites excluding steroid dienone is 2. The minimum absolute atomic E-state index is 0.0340. The van der Waals surface area contributed by atoms with E-state index in [0.717, 1.165) is 16.3 Å². The van der Waals surface area contributed by atoms with Crippen molar-refractivity contribution in [3.63, 3.8) is 0 Å². The molecule has 0 saturated heterocycles. The normalized spacial score (nSPS) is 10.2. The second-order valence-electron chi connectivity index (χ2n) is 4.37. The average Bonchev–Trinajstić information content (AvgIpc) is 2.27. The van der Waals surface area contributed by atoms with E-state index in [2.05, 4.69) is 0 Å². The van der Waals surface area contributed by atoms with Gasteiger partial charge in [0.2, 0.25) is 0 Å². The number of hydrogen-bond acceptors (Lipinski definition) is 2. The summed E-state index contributed by atoms with van der Waals surface area (Å²) in [6.07, 6.45) is 1.61. The highest BCUT2D eigenvalue weighted by Crippen LogP contribution is 2.22. The number of benzene rings is 2. The summed E-state index contributed by atoms with van der Waals surface area (Å²) in [6, 6.07) is 11.6. The highest BCUT2D eigenvalue weighted by molar-refractivity contribution is 6.11. The number of ketones is 1. The molecular weight excluding hydrogens is 210 g/mol. The van der Waals surface area contributed by atoms with Gasteiger partial charge in [-0.05, 0) is 42.8 Å². The highest BCUT2D eigenvalue weighted by atomic mass is 16.1. The maximum atomic E-state index is 12.0. The SMILES string of the molecule is CC(C)=CC(=O)c1cc2ccccc2cc1N. The zero-order valence-electron chi connectivity index (χ0n) is 10.0. The van der Waals surface area contributed by atoms with E-state index in [1.54, 1.807) is 6.08 Å². The number of carbonyl (C=O) groups excluding carboxylic acids is 1. The third-order valence-electron chi connectivity index (χ3n) is 2.60. The van der Waals surface area contributed by atoms with Crippen LogP contribution in [0.4, 0.5) is 5.69 Å². The molecule has 2 rings (SSSR count). The predicted octanol–water partition coefficient (Wildman–Crippen LogP) is 3.57. The molecule has 2 aromatic carbocycles. The lowest BCUT2D eigenvalue weighted by atomic mass is 10.0. The van der Waals surface area contributed by atoms with Crippen molar-refractivity contribution < 1.29 is 4.79 Å². The van der Waals surface area contributed by atoms with E-state index in [9.17, 15) is 4.79 Å². The summed E-state index contributed by atoms with van der Waals surface area (Å²) in [5.74, 6) is -0.0340. The Balaban J connectivity index is 2.58. The summed E-state index contributed by atoms with van der Waals surface area (Å²) in [5.41, 5.74) is 8.00. The van der Waals surface area contributed by atoms with Crippen LogP contribution in [0.1, 0.15) is 24.2 Å². The number of nitrogen functional groups attached to an aromatic ring is 1. The van der Waals surface area contributed by atoms with Crippen LogP contribution in [0.25, 0.3) is 10.8 Å². The van der Waals surface area contributed by atoms with Crippen LogP contribution < -0.4 is 5.73 Å². The summed E-state index contributed by atoms with van der Waals surface area (Å²) in [6.45, 7) is 3.80. The van der Waals surface area contributed by atoms with Crippen LogP contribution >= 0.6 is 0 Å². The lowest BCUT2D eigenvalue weighted by Crippen LogP contribution is -2.01. The first-order chi connectivity index (χ1) is 8.08. The molecule has 0 spiro atoms. The van der Waals surface area contributed by atoms with Crippen molar-refractivity contribution >= 4 is 22.2 Å². The number of hydrogen-bond donors (Lipinski definition) is 1. The van der Waals surface area contributed by atoms with Crippen molar-refractivity contribution in [3.05, 3.63) is 53.6 Å². The van der Waals surface area contributed by atoms with Gasteiger partial charge in [0, 0.05) is 11.3 Å². The molecule has 0 heterocycles. The predicted molar refractivity (Wildman–Crippen MR) is 72.1 cm³/mol. The average molecular weight is 225 g/mol. The molecule has 2 aromatic rings. The second kappa shape index (κ2) is 4.42. The van der Waals surface area contributed by atoms with Gasteiger partial charge >= 0.3 is 0 Å². The van der Waals surface area contributed by atoms with Gasteiger partial charge in [-0.15, -0.1) is 0 Å². The van der Waals surface area contributed by atoms with Crippen LogP contribution in [-0.4, -0.2) is 5.78 Å². The van der Waals surface area contributed by atoms with E-state index in [-0.39, 0.29) is 5.78 Å². The molecule has 0 saturated carbocycles. The van der Waals surface area contributed by atoms with E-state index in [1.807, 2.05) is 50.2 Å². The van der Waals surface area contributed by atoms with Gasteiger partial charge in [-0.3, -0.25) is 4.79 Å². The van der Waals surface area contributed by atoms with Gasteiger partial charge < -0.3 is 5.73 Å². The van der Waals surface area contributed by atoms with Gasteiger partial charge in [0.05, 0.1) is 0 Å². The van der Waals surface area contributed by atoms with Gasteiger partial charge in [-0.2, -0.15) is 0 Å². The van der Waals surface area contributed by atoms with Crippen LogP contribution in [0, 0.1) is 0 Å². The fourth-order valence-corrected chi connectivity index (χ4v) is 1.81. The van der Waals surface area contributed by atoms with Crippen molar-refractivity contribution in [2.45, 2.75) is 13.8 Å². The van der Waals surface area contributed by atoms with Crippen molar-refractivity contribution in [2.24, 2.45) is 0 Å². The largest absolute Gasteiger partial charge is 0.398 e. The molecule has 2 heteroatoms. The van der Waals surface area contributed by atoms with E-state index >= 15 is 0 Å². The highest BCUT2D eigenvalue weighted by Gasteiger charge is 2.08. The Bertz CT molecular complexity index is 607. The fourth-order valence-electron chi connectivity index (χ4n) is 1.81. The van der Waals surface area contributed by atoms with Crippen molar-refractivity contribution in [1.82, 2.24) is 0 Å². The summed E-state index contributed by atoms with van der Waals surface area (Å²) in [5, 5.41) is 2.09. The molecular formula is C15H15NO. The zero-order valence-corrected chi connectivity index (χ0v) is 10.0. The minimum atomic E-state index is -0.0340. The molecule has 0 aliphatic heterocycles. The maximum absolute atomic E-state index is 12.0. The van der Waals surface area contributed by atoms with Gasteiger partial charge in [0.25, 0.3) is 0 Å². The monoisotopic (exact) mass is 225 g/mol. The van der Waals surface area contributed by atoms with Crippen LogP contribution in [0.15, 0.2) is 48.0 Å². The van der Waals surface area contributed by atoms with Crippen LogP contribution in [0.5, 0.6) is 0 Å². The number of anilines is 1. The molecule has 0 aliphatic carbocycles. The Morgan fingerprint density at radius 2 is 1.71 bits per heavy atom. The summed E-state index contributed by atoms with van der Waals surface area (Å²) < 4.78 is 0. The summed E-state index contributed by atoms with van der Waals surface area (Å²) >= 11 is 0. The van der Waals surface area contributed by atoms with Gasteiger partial charge in [-0.1, -0.05) is 29.8 Å². The molecule has 0 bridgehead atoms. The first-order valence-electron chi connectivity index (χ1n) is 5.55. The number of carbonyl (C=O) groups is 1. The minimum Gasteiger partial charge on any atom is -0.398 e. The molecule has 0 unspecified atom stereocenters. The van der Waals surface area contributed by atoms with E-state index in [0.29, 0.717) is 11.3 Å². The maximum Gasteiger partial charge on any atom is 0.187 e. The van der Waals surface area contributed by atoms with Crippen LogP contribution in [0.3, 0.4) is 0 Å². The van der Waals surface area contributed by atoms with Crippen LogP contribution in [0.2, 0.25) is 0 Å². The molecule has 0 fully saturated rings. The lowest BCUT2D eigenvalue weighted by Gasteiger charge is -2.05. The molecule has 0 atom stereocenters.